The van der Waals surface area contributed by atoms with Crippen LogP contribution in [-0.2, 0) is 4.79 Å². The van der Waals surface area contributed by atoms with Crippen LogP contribution in [-0.4, -0.2) is 17.8 Å². The number of hydrogen-bond acceptors (Lipinski definition) is 2. The molecule has 0 saturated heterocycles. The second-order valence-electron chi connectivity index (χ2n) is 3.49. The summed E-state index contributed by atoms with van der Waals surface area (Å²) in [5, 5.41) is 5.18. The maximum Gasteiger partial charge on any atom is 0.325 e. The number of amides is 3. The molecule has 0 aromatic heterocycles. The molecular weight excluding hydrogens is 298 g/mol. The molecule has 0 saturated carbocycles. The summed E-state index contributed by atoms with van der Waals surface area (Å²) in [5.74, 6) is -0.326. The van der Waals surface area contributed by atoms with Crippen LogP contribution in [0.15, 0.2) is 12.1 Å². The summed E-state index contributed by atoms with van der Waals surface area (Å²) in [5.41, 5.74) is 1.04. The van der Waals surface area contributed by atoms with Crippen molar-refractivity contribution in [1.29, 1.82) is 0 Å². The Morgan fingerprint density at radius 2 is 1.94 bits per heavy atom. The van der Waals surface area contributed by atoms with Gasteiger partial charge in [-0.05, 0) is 18.6 Å². The third-order valence-electron chi connectivity index (χ3n) is 2.10. The second kappa shape index (κ2) is 6.83. The molecule has 0 radical (unpaired) electrons. The molecule has 1 rings (SSSR count). The first-order chi connectivity index (χ1) is 8.45. The molecule has 0 aliphatic heterocycles. The minimum Gasteiger partial charge on any atom is -0.305 e. The zero-order valence-electron chi connectivity index (χ0n) is 9.52. The number of halogens is 3. The van der Waals surface area contributed by atoms with Gasteiger partial charge >= 0.3 is 6.03 Å². The van der Waals surface area contributed by atoms with Gasteiger partial charge in [0.2, 0.25) is 5.91 Å². The molecule has 0 atom stereocenters. The molecule has 98 valence electrons. The van der Waals surface area contributed by atoms with Gasteiger partial charge in [-0.2, -0.15) is 0 Å². The molecule has 0 unspecified atom stereocenters. The van der Waals surface area contributed by atoms with Crippen molar-refractivity contribution in [3.63, 3.8) is 0 Å². The Hall–Kier alpha value is -0.970. The predicted octanol–water partition coefficient (Wildman–Crippen LogP) is 3.58. The lowest BCUT2D eigenvalue weighted by Gasteiger charge is -2.11. The van der Waals surface area contributed by atoms with Crippen molar-refractivity contribution in [2.24, 2.45) is 0 Å². The Kier molecular flexibility index (Phi) is 5.72. The number of imide groups is 1. The quantitative estimate of drug-likeness (QED) is 0.838. The number of nitrogens with one attached hydrogen (secondary N) is 2. The number of carbonyl (C=O) groups excluding carboxylic acids is 2. The summed E-state index contributed by atoms with van der Waals surface area (Å²) in [6.07, 6.45) is 0.0598. The lowest BCUT2D eigenvalue weighted by atomic mass is 10.2. The minimum absolute atomic E-state index is 0.0598. The molecule has 2 N–H and O–H groups in total. The number of anilines is 1. The lowest BCUT2D eigenvalue weighted by molar-refractivity contribution is -0.119. The van der Waals surface area contributed by atoms with Gasteiger partial charge in [-0.15, -0.1) is 11.6 Å². The monoisotopic (exact) mass is 308 g/mol. The van der Waals surface area contributed by atoms with E-state index < -0.39 is 11.9 Å². The Balaban J connectivity index is 2.76. The number of alkyl halides is 1. The molecule has 3 amide bonds. The highest BCUT2D eigenvalue weighted by atomic mass is 35.5. The van der Waals surface area contributed by atoms with Crippen molar-refractivity contribution >= 4 is 52.4 Å². The highest BCUT2D eigenvalue weighted by Gasteiger charge is 2.13. The number of aryl methyl sites for hydroxylation is 1. The van der Waals surface area contributed by atoms with Crippen LogP contribution in [0.4, 0.5) is 10.5 Å². The third kappa shape index (κ3) is 4.05. The van der Waals surface area contributed by atoms with E-state index in [2.05, 4.69) is 10.6 Å². The summed E-state index contributed by atoms with van der Waals surface area (Å²) < 4.78 is 0. The Morgan fingerprint density at radius 1 is 1.28 bits per heavy atom. The summed E-state index contributed by atoms with van der Waals surface area (Å²) in [4.78, 5) is 22.7. The first-order valence-electron chi connectivity index (χ1n) is 5.07. The van der Waals surface area contributed by atoms with Gasteiger partial charge in [0.15, 0.2) is 0 Å². The van der Waals surface area contributed by atoms with E-state index in [1.807, 2.05) is 0 Å². The molecular formula is C11H11Cl3N2O2. The van der Waals surface area contributed by atoms with Crippen LogP contribution >= 0.6 is 34.8 Å². The zero-order chi connectivity index (χ0) is 13.7. The average molecular weight is 310 g/mol. The first-order valence-corrected chi connectivity index (χ1v) is 6.36. The fraction of sp³-hybridized carbons (Fsp3) is 0.273. The number of carbonyl (C=O) groups is 2. The van der Waals surface area contributed by atoms with E-state index in [0.717, 1.165) is 5.56 Å². The van der Waals surface area contributed by atoms with Gasteiger partial charge in [0.25, 0.3) is 0 Å². The van der Waals surface area contributed by atoms with Crippen molar-refractivity contribution in [2.45, 2.75) is 13.3 Å². The fourth-order valence-electron chi connectivity index (χ4n) is 1.19. The summed E-state index contributed by atoms with van der Waals surface area (Å²) >= 11 is 17.3. The fourth-order valence-corrected chi connectivity index (χ4v) is 1.83. The summed E-state index contributed by atoms with van der Waals surface area (Å²) in [6.45, 7) is 1.78. The predicted molar refractivity (Wildman–Crippen MR) is 73.7 cm³/mol. The van der Waals surface area contributed by atoms with E-state index in [1.165, 1.54) is 0 Å². The summed E-state index contributed by atoms with van der Waals surface area (Å²) in [6, 6.07) is 2.64. The maximum atomic E-state index is 11.5. The maximum absolute atomic E-state index is 11.5. The topological polar surface area (TPSA) is 58.2 Å². The molecule has 0 heterocycles. The van der Waals surface area contributed by atoms with Gasteiger partial charge in [-0.1, -0.05) is 29.3 Å². The molecule has 1 aromatic rings. The first kappa shape index (κ1) is 15.1. The smallest absolute Gasteiger partial charge is 0.305 e. The molecule has 0 spiro atoms. The van der Waals surface area contributed by atoms with Gasteiger partial charge in [0.1, 0.15) is 0 Å². The molecule has 4 nitrogen and oxygen atoms in total. The highest BCUT2D eigenvalue weighted by molar-refractivity contribution is 6.40. The molecule has 0 aliphatic rings. The van der Waals surface area contributed by atoms with Crippen LogP contribution in [0, 0.1) is 6.92 Å². The molecule has 7 heteroatoms. The van der Waals surface area contributed by atoms with Crippen LogP contribution in [0.2, 0.25) is 10.0 Å². The lowest BCUT2D eigenvalue weighted by Crippen LogP contribution is -2.34. The van der Waals surface area contributed by atoms with Crippen molar-refractivity contribution in [2.75, 3.05) is 11.2 Å². The largest absolute Gasteiger partial charge is 0.325 e. The van der Waals surface area contributed by atoms with Gasteiger partial charge in [0, 0.05) is 12.3 Å². The molecule has 0 bridgehead atoms. The zero-order valence-corrected chi connectivity index (χ0v) is 11.8. The molecule has 1 aromatic carbocycles. The van der Waals surface area contributed by atoms with E-state index in [9.17, 15) is 9.59 Å². The van der Waals surface area contributed by atoms with Gasteiger partial charge in [0.05, 0.1) is 15.7 Å². The van der Waals surface area contributed by atoms with Crippen molar-refractivity contribution in [3.05, 3.63) is 27.7 Å². The van der Waals surface area contributed by atoms with E-state index in [4.69, 9.17) is 34.8 Å². The number of urea groups is 1. The number of hydrogen-bond donors (Lipinski definition) is 2. The summed E-state index contributed by atoms with van der Waals surface area (Å²) in [7, 11) is 0. The number of rotatable bonds is 3. The number of benzene rings is 1. The second-order valence-corrected chi connectivity index (χ2v) is 4.66. The van der Waals surface area contributed by atoms with Crippen LogP contribution in [0.1, 0.15) is 12.0 Å². The standard InChI is InChI=1S/C11H11Cl3N2O2/c1-6-2-3-7(13)10(9(6)14)16-11(18)15-8(17)4-5-12/h2-3H,4-5H2,1H3,(H2,15,16,17,18). The average Bonchev–Trinajstić information content (AvgIpc) is 2.30. The Bertz CT molecular complexity index is 478. The van der Waals surface area contributed by atoms with Crippen molar-refractivity contribution in [3.8, 4) is 0 Å². The van der Waals surface area contributed by atoms with Crippen LogP contribution < -0.4 is 10.6 Å². The minimum atomic E-state index is -0.695. The van der Waals surface area contributed by atoms with Crippen LogP contribution in [0.3, 0.4) is 0 Å². The Labute approximate surface area is 120 Å². The third-order valence-corrected chi connectivity index (χ3v) is 3.09. The van der Waals surface area contributed by atoms with Gasteiger partial charge in [-0.3, -0.25) is 10.1 Å². The van der Waals surface area contributed by atoms with Crippen LogP contribution in [0.25, 0.3) is 0 Å². The SMILES string of the molecule is Cc1ccc(Cl)c(NC(=O)NC(=O)CCCl)c1Cl. The van der Waals surface area contributed by atoms with E-state index in [1.54, 1.807) is 19.1 Å². The van der Waals surface area contributed by atoms with E-state index in [-0.39, 0.29) is 18.0 Å². The Morgan fingerprint density at radius 3 is 2.56 bits per heavy atom. The van der Waals surface area contributed by atoms with Crippen LogP contribution in [0.5, 0.6) is 0 Å². The van der Waals surface area contributed by atoms with Gasteiger partial charge < -0.3 is 5.32 Å². The van der Waals surface area contributed by atoms with Crippen molar-refractivity contribution in [1.82, 2.24) is 5.32 Å². The van der Waals surface area contributed by atoms with E-state index >= 15 is 0 Å². The molecule has 0 aliphatic carbocycles. The van der Waals surface area contributed by atoms with Crippen molar-refractivity contribution < 1.29 is 9.59 Å². The molecule has 0 fully saturated rings. The van der Waals surface area contributed by atoms with Gasteiger partial charge in [-0.25, -0.2) is 4.79 Å². The van der Waals surface area contributed by atoms with E-state index in [0.29, 0.717) is 10.0 Å². The molecule has 18 heavy (non-hydrogen) atoms. The highest BCUT2D eigenvalue weighted by Crippen LogP contribution is 2.32. The normalized spacial score (nSPS) is 10.0.